The number of amides is 1. The topological polar surface area (TPSA) is 73.1 Å². The summed E-state index contributed by atoms with van der Waals surface area (Å²) in [6.45, 7) is 1.31. The van der Waals surface area contributed by atoms with Crippen LogP contribution < -0.4 is 4.74 Å². The molecule has 1 atom stereocenters. The lowest BCUT2D eigenvalue weighted by atomic mass is 10.2. The number of hydrogen-bond donors (Lipinski definition) is 0. The molecular formula is C22H19N5O2S. The highest BCUT2D eigenvalue weighted by atomic mass is 32.1. The minimum absolute atomic E-state index is 0.0155. The Bertz CT molecular complexity index is 1130. The molecular weight excluding hydrogens is 398 g/mol. The fourth-order valence-electron chi connectivity index (χ4n) is 3.55. The van der Waals surface area contributed by atoms with Gasteiger partial charge in [0, 0.05) is 35.8 Å². The highest BCUT2D eigenvalue weighted by Crippen LogP contribution is 2.26. The van der Waals surface area contributed by atoms with Crippen LogP contribution in [0.4, 0.5) is 0 Å². The second kappa shape index (κ2) is 8.08. The van der Waals surface area contributed by atoms with Gasteiger partial charge in [-0.05, 0) is 30.7 Å². The highest BCUT2D eigenvalue weighted by molar-refractivity contribution is 7.11. The first kappa shape index (κ1) is 18.5. The van der Waals surface area contributed by atoms with Gasteiger partial charge in [-0.3, -0.25) is 4.79 Å². The molecule has 1 aliphatic heterocycles. The number of hydrogen-bond acceptors (Lipinski definition) is 6. The zero-order valence-electron chi connectivity index (χ0n) is 16.1. The number of carbonyl (C=O) groups is 1. The minimum atomic E-state index is 0.0155. The number of likely N-dealkylation sites (tertiary alicyclic amines) is 1. The molecule has 0 N–H and O–H groups in total. The second-order valence-corrected chi connectivity index (χ2v) is 7.93. The van der Waals surface area contributed by atoms with Crippen LogP contribution in [0.3, 0.4) is 0 Å². The third kappa shape index (κ3) is 3.81. The number of thiazole rings is 1. The summed E-state index contributed by atoms with van der Waals surface area (Å²) in [5.41, 5.74) is 2.52. The lowest BCUT2D eigenvalue weighted by Crippen LogP contribution is -2.29. The quantitative estimate of drug-likeness (QED) is 0.485. The van der Waals surface area contributed by atoms with Crippen molar-refractivity contribution in [2.75, 3.05) is 13.1 Å². The SMILES string of the molecule is O=C(c1ccc(Oc2nccs2)cc1)N1CCC(n2cc(-c3ccccc3)nn2)C1. The normalized spacial score (nSPS) is 16.0. The van der Waals surface area contributed by atoms with Crippen LogP contribution in [0.1, 0.15) is 22.8 Å². The zero-order valence-corrected chi connectivity index (χ0v) is 16.9. The Morgan fingerprint density at radius 2 is 1.93 bits per heavy atom. The van der Waals surface area contributed by atoms with Gasteiger partial charge >= 0.3 is 0 Å². The maximum atomic E-state index is 12.9. The van der Waals surface area contributed by atoms with Gasteiger partial charge in [0.15, 0.2) is 0 Å². The van der Waals surface area contributed by atoms with E-state index in [-0.39, 0.29) is 11.9 Å². The van der Waals surface area contributed by atoms with E-state index in [1.807, 2.05) is 51.5 Å². The summed E-state index contributed by atoms with van der Waals surface area (Å²) in [4.78, 5) is 18.9. The Hall–Kier alpha value is -3.52. The van der Waals surface area contributed by atoms with Crippen molar-refractivity contribution in [3.8, 4) is 22.2 Å². The molecule has 7 nitrogen and oxygen atoms in total. The van der Waals surface area contributed by atoms with Gasteiger partial charge in [0.2, 0.25) is 0 Å². The molecule has 0 aliphatic carbocycles. The average Bonchev–Trinajstić information content (AvgIpc) is 3.55. The molecule has 0 radical (unpaired) electrons. The van der Waals surface area contributed by atoms with Crippen molar-refractivity contribution < 1.29 is 9.53 Å². The monoisotopic (exact) mass is 417 g/mol. The van der Waals surface area contributed by atoms with Crippen LogP contribution in [0, 0.1) is 0 Å². The number of carbonyl (C=O) groups excluding carboxylic acids is 1. The molecule has 0 saturated carbocycles. The van der Waals surface area contributed by atoms with Crippen LogP contribution in [0.15, 0.2) is 72.4 Å². The van der Waals surface area contributed by atoms with Crippen LogP contribution >= 0.6 is 11.3 Å². The van der Waals surface area contributed by atoms with Crippen molar-refractivity contribution in [1.82, 2.24) is 24.9 Å². The fourth-order valence-corrected chi connectivity index (χ4v) is 4.05. The molecule has 1 amide bonds. The molecule has 4 aromatic rings. The summed E-state index contributed by atoms with van der Waals surface area (Å²) in [7, 11) is 0. The van der Waals surface area contributed by atoms with Crippen molar-refractivity contribution in [3.05, 3.63) is 77.9 Å². The van der Waals surface area contributed by atoms with Gasteiger partial charge in [-0.25, -0.2) is 9.67 Å². The van der Waals surface area contributed by atoms with E-state index >= 15 is 0 Å². The summed E-state index contributed by atoms with van der Waals surface area (Å²) in [5, 5.41) is 11.0. The molecule has 2 aromatic heterocycles. The van der Waals surface area contributed by atoms with Crippen LogP contribution in [0.2, 0.25) is 0 Å². The van der Waals surface area contributed by atoms with Gasteiger partial charge in [0.25, 0.3) is 11.1 Å². The largest absolute Gasteiger partial charge is 0.431 e. The molecule has 150 valence electrons. The lowest BCUT2D eigenvalue weighted by molar-refractivity contribution is 0.0787. The average molecular weight is 417 g/mol. The van der Waals surface area contributed by atoms with Gasteiger partial charge < -0.3 is 9.64 Å². The van der Waals surface area contributed by atoms with E-state index in [4.69, 9.17) is 4.74 Å². The zero-order chi connectivity index (χ0) is 20.3. The van der Waals surface area contributed by atoms with E-state index in [1.165, 1.54) is 11.3 Å². The summed E-state index contributed by atoms with van der Waals surface area (Å²) < 4.78 is 7.53. The van der Waals surface area contributed by atoms with Gasteiger partial charge in [-0.1, -0.05) is 46.9 Å². The molecule has 1 unspecified atom stereocenters. The Labute approximate surface area is 177 Å². The Morgan fingerprint density at radius 3 is 2.70 bits per heavy atom. The molecule has 3 heterocycles. The Kier molecular flexibility index (Phi) is 4.98. The predicted molar refractivity (Wildman–Crippen MR) is 114 cm³/mol. The van der Waals surface area contributed by atoms with Crippen LogP contribution in [-0.4, -0.2) is 43.9 Å². The molecule has 0 bridgehead atoms. The summed E-state index contributed by atoms with van der Waals surface area (Å²) in [6, 6.07) is 17.3. The molecule has 1 fully saturated rings. The van der Waals surface area contributed by atoms with E-state index in [9.17, 15) is 4.79 Å². The maximum absolute atomic E-state index is 12.9. The lowest BCUT2D eigenvalue weighted by Gasteiger charge is -2.16. The highest BCUT2D eigenvalue weighted by Gasteiger charge is 2.29. The Morgan fingerprint density at radius 1 is 1.10 bits per heavy atom. The number of aromatic nitrogens is 4. The van der Waals surface area contributed by atoms with E-state index < -0.39 is 0 Å². The summed E-state index contributed by atoms with van der Waals surface area (Å²) in [5.74, 6) is 0.679. The molecule has 0 spiro atoms. The molecule has 5 rings (SSSR count). The second-order valence-electron chi connectivity index (χ2n) is 7.07. The van der Waals surface area contributed by atoms with Crippen molar-refractivity contribution >= 4 is 17.2 Å². The van der Waals surface area contributed by atoms with Crippen molar-refractivity contribution in [2.24, 2.45) is 0 Å². The fraction of sp³-hybridized carbons (Fsp3) is 0.182. The van der Waals surface area contributed by atoms with E-state index in [1.54, 1.807) is 30.5 Å². The minimum Gasteiger partial charge on any atom is -0.431 e. The van der Waals surface area contributed by atoms with Gasteiger partial charge in [-0.15, -0.1) is 5.10 Å². The first-order chi connectivity index (χ1) is 14.8. The number of rotatable bonds is 5. The smallest absolute Gasteiger partial charge is 0.278 e. The van der Waals surface area contributed by atoms with Gasteiger partial charge in [-0.2, -0.15) is 0 Å². The van der Waals surface area contributed by atoms with Crippen molar-refractivity contribution in [1.29, 1.82) is 0 Å². The number of benzene rings is 2. The van der Waals surface area contributed by atoms with Gasteiger partial charge in [0.05, 0.1) is 12.2 Å². The number of ether oxygens (including phenoxy) is 1. The number of nitrogens with zero attached hydrogens (tertiary/aromatic N) is 5. The summed E-state index contributed by atoms with van der Waals surface area (Å²) in [6.07, 6.45) is 4.51. The van der Waals surface area contributed by atoms with Gasteiger partial charge in [0.1, 0.15) is 11.4 Å². The summed E-state index contributed by atoms with van der Waals surface area (Å²) >= 11 is 1.43. The van der Waals surface area contributed by atoms with E-state index in [0.717, 1.165) is 17.7 Å². The third-order valence-electron chi connectivity index (χ3n) is 5.12. The van der Waals surface area contributed by atoms with E-state index in [0.29, 0.717) is 29.6 Å². The molecule has 2 aromatic carbocycles. The van der Waals surface area contributed by atoms with Crippen molar-refractivity contribution in [3.63, 3.8) is 0 Å². The van der Waals surface area contributed by atoms with Crippen LogP contribution in [0.5, 0.6) is 10.9 Å². The first-order valence-electron chi connectivity index (χ1n) is 9.70. The van der Waals surface area contributed by atoms with Crippen LogP contribution in [-0.2, 0) is 0 Å². The molecule has 1 aliphatic rings. The molecule has 8 heteroatoms. The maximum Gasteiger partial charge on any atom is 0.278 e. The molecule has 1 saturated heterocycles. The molecule has 30 heavy (non-hydrogen) atoms. The first-order valence-corrected chi connectivity index (χ1v) is 10.6. The third-order valence-corrected chi connectivity index (χ3v) is 5.77. The Balaban J connectivity index is 1.23. The predicted octanol–water partition coefficient (Wildman–Crippen LogP) is 4.28. The standard InChI is InChI=1S/C22H19N5O2S/c28-21(17-6-8-19(9-7-17)29-22-23-11-13-30-22)26-12-10-18(14-26)27-15-20(24-25-27)16-4-2-1-3-5-16/h1-9,11,13,15,18H,10,12,14H2. The van der Waals surface area contributed by atoms with Crippen LogP contribution in [0.25, 0.3) is 11.3 Å². The van der Waals surface area contributed by atoms with E-state index in [2.05, 4.69) is 15.3 Å². The van der Waals surface area contributed by atoms with Crippen molar-refractivity contribution in [2.45, 2.75) is 12.5 Å².